The normalized spacial score (nSPS) is 11.3. The largest absolute Gasteiger partial charge is 0.464 e. The number of fused-ring (bicyclic) bond motifs is 1. The molecule has 0 spiro atoms. The Kier molecular flexibility index (Phi) is 3.40. The molecule has 0 unspecified atom stereocenters. The summed E-state index contributed by atoms with van der Waals surface area (Å²) in [5, 5.41) is 1.05. The van der Waals surface area contributed by atoms with E-state index in [2.05, 4.69) is 23.8 Å². The van der Waals surface area contributed by atoms with E-state index < -0.39 is 0 Å². The lowest BCUT2D eigenvalue weighted by molar-refractivity contribution is 0.616. The van der Waals surface area contributed by atoms with Crippen molar-refractivity contribution in [1.29, 1.82) is 0 Å². The second-order valence-electron chi connectivity index (χ2n) is 5.34. The van der Waals surface area contributed by atoms with Crippen LogP contribution in [0, 0.1) is 10.6 Å². The molecule has 0 bridgehead atoms. The molecular weight excluding hydrogens is 268 g/mol. The molecule has 2 heterocycles. The van der Waals surface area contributed by atoms with Gasteiger partial charge in [-0.05, 0) is 24.5 Å². The highest BCUT2D eigenvalue weighted by atomic mass is 32.1. The Morgan fingerprint density at radius 3 is 2.90 bits per heavy atom. The fourth-order valence-corrected chi connectivity index (χ4v) is 2.58. The van der Waals surface area contributed by atoms with Crippen LogP contribution in [-0.4, -0.2) is 9.97 Å². The van der Waals surface area contributed by atoms with Crippen LogP contribution in [0.1, 0.15) is 19.5 Å². The molecule has 1 aromatic carbocycles. The number of H-pyrrole nitrogens is 1. The molecule has 0 aliphatic rings. The zero-order chi connectivity index (χ0) is 14.1. The summed E-state index contributed by atoms with van der Waals surface area (Å²) in [6.07, 6.45) is 2.69. The third-order valence-corrected chi connectivity index (χ3v) is 3.37. The number of aromatic nitrogens is 2. The monoisotopic (exact) mass is 284 g/mol. The van der Waals surface area contributed by atoms with E-state index in [9.17, 15) is 0 Å². The maximum absolute atomic E-state index is 5.57. The second kappa shape index (κ2) is 5.21. The van der Waals surface area contributed by atoms with Crippen LogP contribution >= 0.6 is 12.2 Å². The Hall–Kier alpha value is -1.94. The molecule has 0 saturated heterocycles. The van der Waals surface area contributed by atoms with Crippen molar-refractivity contribution in [3.05, 3.63) is 46.9 Å². The van der Waals surface area contributed by atoms with Crippen LogP contribution in [0.25, 0.3) is 22.4 Å². The summed E-state index contributed by atoms with van der Waals surface area (Å²) in [6.45, 7) is 4.37. The van der Waals surface area contributed by atoms with Gasteiger partial charge in [-0.15, -0.1) is 0 Å². The first-order valence-electron chi connectivity index (χ1n) is 6.70. The van der Waals surface area contributed by atoms with Crippen molar-refractivity contribution < 1.29 is 4.42 Å². The van der Waals surface area contributed by atoms with Gasteiger partial charge >= 0.3 is 0 Å². The van der Waals surface area contributed by atoms with Gasteiger partial charge in [0.2, 0.25) is 0 Å². The van der Waals surface area contributed by atoms with Gasteiger partial charge in [-0.1, -0.05) is 44.3 Å². The van der Waals surface area contributed by atoms with Gasteiger partial charge in [0.05, 0.1) is 5.56 Å². The Balaban J connectivity index is 2.14. The Bertz CT molecular complexity index is 801. The van der Waals surface area contributed by atoms with E-state index in [0.29, 0.717) is 10.6 Å². The first-order valence-corrected chi connectivity index (χ1v) is 7.11. The van der Waals surface area contributed by atoms with Crippen molar-refractivity contribution in [2.45, 2.75) is 20.3 Å². The van der Waals surface area contributed by atoms with E-state index in [4.69, 9.17) is 16.6 Å². The van der Waals surface area contributed by atoms with Crippen molar-refractivity contribution in [1.82, 2.24) is 9.97 Å². The van der Waals surface area contributed by atoms with E-state index >= 15 is 0 Å². The molecule has 3 rings (SSSR count). The predicted octanol–water partition coefficient (Wildman–Crippen LogP) is 4.75. The van der Waals surface area contributed by atoms with Crippen molar-refractivity contribution in [3.63, 3.8) is 0 Å². The number of nitrogens with zero attached hydrogens (tertiary/aromatic N) is 1. The fourth-order valence-electron chi connectivity index (χ4n) is 2.35. The number of hydrogen-bond donors (Lipinski definition) is 1. The molecule has 0 aliphatic carbocycles. The van der Waals surface area contributed by atoms with Gasteiger partial charge in [-0.3, -0.25) is 0 Å². The number of para-hydroxylation sites is 1. The minimum Gasteiger partial charge on any atom is -0.464 e. The van der Waals surface area contributed by atoms with E-state index in [1.165, 1.54) is 0 Å². The molecule has 0 atom stereocenters. The maximum Gasteiger partial charge on any atom is 0.143 e. The summed E-state index contributed by atoms with van der Waals surface area (Å²) in [5.74, 6) is 1.34. The standard InChI is InChI=1S/C16H16N2OS/c1-10(2)7-11-8-15(20)18-16(17-11)13-9-19-14-6-4-3-5-12(13)14/h3-6,8-10H,7H2,1-2H3,(H,17,18,20). The molecule has 0 fully saturated rings. The molecule has 1 N–H and O–H groups in total. The Labute approximate surface area is 122 Å². The minimum absolute atomic E-state index is 0.567. The summed E-state index contributed by atoms with van der Waals surface area (Å²) in [7, 11) is 0. The molecule has 3 nitrogen and oxygen atoms in total. The Morgan fingerprint density at radius 1 is 1.30 bits per heavy atom. The zero-order valence-electron chi connectivity index (χ0n) is 11.5. The summed E-state index contributed by atoms with van der Waals surface area (Å²) in [6, 6.07) is 9.86. The molecule has 3 aromatic rings. The van der Waals surface area contributed by atoms with E-state index in [1.54, 1.807) is 6.26 Å². The van der Waals surface area contributed by atoms with Crippen molar-refractivity contribution in [2.24, 2.45) is 5.92 Å². The third kappa shape index (κ3) is 2.51. The van der Waals surface area contributed by atoms with Crippen LogP contribution in [0.15, 0.2) is 41.0 Å². The van der Waals surface area contributed by atoms with Crippen molar-refractivity contribution in [2.75, 3.05) is 0 Å². The van der Waals surface area contributed by atoms with Crippen LogP contribution in [0.2, 0.25) is 0 Å². The molecule has 20 heavy (non-hydrogen) atoms. The number of furan rings is 1. The quantitative estimate of drug-likeness (QED) is 0.706. The minimum atomic E-state index is 0.567. The van der Waals surface area contributed by atoms with E-state index in [0.717, 1.165) is 34.5 Å². The first kappa shape index (κ1) is 13.1. The highest BCUT2D eigenvalue weighted by Crippen LogP contribution is 2.28. The van der Waals surface area contributed by atoms with Crippen molar-refractivity contribution in [3.8, 4) is 11.4 Å². The average Bonchev–Trinajstić information content (AvgIpc) is 2.80. The molecule has 2 aromatic heterocycles. The average molecular weight is 284 g/mol. The van der Waals surface area contributed by atoms with E-state index in [-0.39, 0.29) is 0 Å². The number of benzene rings is 1. The third-order valence-electron chi connectivity index (χ3n) is 3.16. The van der Waals surface area contributed by atoms with Gasteiger partial charge < -0.3 is 9.40 Å². The number of aromatic amines is 1. The topological polar surface area (TPSA) is 41.8 Å². The molecule has 102 valence electrons. The zero-order valence-corrected chi connectivity index (χ0v) is 12.3. The van der Waals surface area contributed by atoms with Gasteiger partial charge in [0.15, 0.2) is 0 Å². The van der Waals surface area contributed by atoms with E-state index in [1.807, 2.05) is 30.3 Å². The number of nitrogens with one attached hydrogen (secondary N) is 1. The van der Waals surface area contributed by atoms with Gasteiger partial charge in [0.25, 0.3) is 0 Å². The molecule has 0 aliphatic heterocycles. The summed E-state index contributed by atoms with van der Waals surface area (Å²) >= 11 is 5.27. The van der Waals surface area contributed by atoms with Gasteiger partial charge in [-0.2, -0.15) is 0 Å². The summed E-state index contributed by atoms with van der Waals surface area (Å²) < 4.78 is 6.18. The lowest BCUT2D eigenvalue weighted by Crippen LogP contribution is -2.00. The van der Waals surface area contributed by atoms with Crippen LogP contribution in [-0.2, 0) is 6.42 Å². The first-order chi connectivity index (χ1) is 9.63. The van der Waals surface area contributed by atoms with Crippen LogP contribution in [0.5, 0.6) is 0 Å². The van der Waals surface area contributed by atoms with Gasteiger partial charge in [0, 0.05) is 11.1 Å². The SMILES string of the molecule is CC(C)Cc1cc(=S)nc(-c2coc3ccccc23)[nH]1. The summed E-state index contributed by atoms with van der Waals surface area (Å²) in [5.41, 5.74) is 2.93. The fraction of sp³-hybridized carbons (Fsp3) is 0.250. The summed E-state index contributed by atoms with van der Waals surface area (Å²) in [4.78, 5) is 7.81. The van der Waals surface area contributed by atoms with Gasteiger partial charge in [-0.25, -0.2) is 4.98 Å². The second-order valence-corrected chi connectivity index (χ2v) is 5.76. The molecule has 0 amide bonds. The molecule has 4 heteroatoms. The highest BCUT2D eigenvalue weighted by molar-refractivity contribution is 7.71. The van der Waals surface area contributed by atoms with Gasteiger partial charge in [0.1, 0.15) is 22.3 Å². The highest BCUT2D eigenvalue weighted by Gasteiger charge is 2.10. The Morgan fingerprint density at radius 2 is 2.10 bits per heavy atom. The molecule has 0 saturated carbocycles. The number of rotatable bonds is 3. The predicted molar refractivity (Wildman–Crippen MR) is 83.2 cm³/mol. The lowest BCUT2D eigenvalue weighted by Gasteiger charge is -2.07. The van der Waals surface area contributed by atoms with Crippen LogP contribution in [0.3, 0.4) is 0 Å². The molecular formula is C16H16N2OS. The molecule has 0 radical (unpaired) electrons. The lowest BCUT2D eigenvalue weighted by atomic mass is 10.1. The maximum atomic E-state index is 5.57. The number of hydrogen-bond acceptors (Lipinski definition) is 3. The van der Waals surface area contributed by atoms with Crippen LogP contribution in [0.4, 0.5) is 0 Å². The van der Waals surface area contributed by atoms with Crippen molar-refractivity contribution >= 4 is 23.2 Å². The smallest absolute Gasteiger partial charge is 0.143 e. The van der Waals surface area contributed by atoms with Crippen LogP contribution < -0.4 is 0 Å².